The zero-order chi connectivity index (χ0) is 15.4. The van der Waals surface area contributed by atoms with E-state index < -0.39 is 6.04 Å². The molecule has 0 aromatic rings. The second kappa shape index (κ2) is 6.89. The van der Waals surface area contributed by atoms with Crippen molar-refractivity contribution >= 4 is 17.8 Å². The van der Waals surface area contributed by atoms with Crippen LogP contribution in [0.25, 0.3) is 0 Å². The largest absolute Gasteiger partial charge is 0.340 e. The van der Waals surface area contributed by atoms with Gasteiger partial charge in [-0.3, -0.25) is 14.5 Å². The van der Waals surface area contributed by atoms with Gasteiger partial charge in [0, 0.05) is 39.1 Å². The predicted octanol–water partition coefficient (Wildman–Crippen LogP) is -0.225. The van der Waals surface area contributed by atoms with Gasteiger partial charge in [-0.1, -0.05) is 13.8 Å². The van der Waals surface area contributed by atoms with Crippen LogP contribution in [0.1, 0.15) is 26.7 Å². The molecule has 1 unspecified atom stereocenters. The van der Waals surface area contributed by atoms with Gasteiger partial charge >= 0.3 is 6.03 Å². The third kappa shape index (κ3) is 3.93. The fourth-order valence-corrected chi connectivity index (χ4v) is 2.70. The number of hydrogen-bond acceptors (Lipinski definition) is 4. The average Bonchev–Trinajstić information content (AvgIpc) is 2.71. The van der Waals surface area contributed by atoms with E-state index >= 15 is 0 Å². The molecule has 0 aromatic carbocycles. The van der Waals surface area contributed by atoms with Crippen LogP contribution in [0.2, 0.25) is 0 Å². The van der Waals surface area contributed by atoms with E-state index in [1.807, 2.05) is 13.8 Å². The van der Waals surface area contributed by atoms with Crippen LogP contribution < -0.4 is 10.6 Å². The van der Waals surface area contributed by atoms with Crippen molar-refractivity contribution < 1.29 is 14.4 Å². The van der Waals surface area contributed by atoms with Gasteiger partial charge in [-0.15, -0.1) is 0 Å². The summed E-state index contributed by atoms with van der Waals surface area (Å²) >= 11 is 0. The summed E-state index contributed by atoms with van der Waals surface area (Å²) in [5.74, 6) is 0.132. The molecule has 2 aliphatic rings. The van der Waals surface area contributed by atoms with E-state index in [4.69, 9.17) is 0 Å². The van der Waals surface area contributed by atoms with Crippen molar-refractivity contribution in [3.8, 4) is 0 Å². The monoisotopic (exact) mass is 296 g/mol. The number of piperazine rings is 1. The van der Waals surface area contributed by atoms with Crippen molar-refractivity contribution in [1.29, 1.82) is 0 Å². The Kier molecular flexibility index (Phi) is 5.17. The van der Waals surface area contributed by atoms with Gasteiger partial charge in [-0.05, 0) is 12.3 Å². The summed E-state index contributed by atoms with van der Waals surface area (Å²) in [6.45, 7) is 7.16. The first-order valence-electron chi connectivity index (χ1n) is 7.59. The topological polar surface area (TPSA) is 81.8 Å². The second-order valence-corrected chi connectivity index (χ2v) is 6.00. The maximum absolute atomic E-state index is 12.1. The standard InChI is InChI=1S/C14H24N4O3/c1-10(2)9-11-13(20)18(14(21)16-11)6-3-12(19)17-7-4-15-5-8-17/h10-11,15H,3-9H2,1-2H3,(H,16,21). The first-order valence-corrected chi connectivity index (χ1v) is 7.59. The SMILES string of the molecule is CC(C)CC1NC(=O)N(CCC(=O)N2CCNCC2)C1=O. The molecular formula is C14H24N4O3. The molecule has 2 aliphatic heterocycles. The molecule has 118 valence electrons. The minimum Gasteiger partial charge on any atom is -0.340 e. The fraction of sp³-hybridized carbons (Fsp3) is 0.786. The van der Waals surface area contributed by atoms with E-state index in [2.05, 4.69) is 10.6 Å². The molecular weight excluding hydrogens is 272 g/mol. The van der Waals surface area contributed by atoms with Crippen LogP contribution in [-0.2, 0) is 9.59 Å². The number of nitrogens with zero attached hydrogens (tertiary/aromatic N) is 2. The number of carbonyl (C=O) groups excluding carboxylic acids is 3. The molecule has 0 spiro atoms. The Bertz CT molecular complexity index is 418. The Morgan fingerprint density at radius 2 is 1.95 bits per heavy atom. The molecule has 7 nitrogen and oxygen atoms in total. The van der Waals surface area contributed by atoms with Crippen molar-refractivity contribution in [3.63, 3.8) is 0 Å². The van der Waals surface area contributed by atoms with Crippen LogP contribution >= 0.6 is 0 Å². The lowest BCUT2D eigenvalue weighted by Crippen LogP contribution is -2.47. The van der Waals surface area contributed by atoms with Gasteiger partial charge in [0.05, 0.1) is 0 Å². The molecule has 0 aliphatic carbocycles. The predicted molar refractivity (Wildman–Crippen MR) is 77.6 cm³/mol. The highest BCUT2D eigenvalue weighted by atomic mass is 16.2. The van der Waals surface area contributed by atoms with Gasteiger partial charge in [-0.25, -0.2) is 4.79 Å². The normalized spacial score (nSPS) is 22.9. The molecule has 1 atom stereocenters. The molecule has 2 saturated heterocycles. The highest BCUT2D eigenvalue weighted by molar-refractivity contribution is 6.04. The van der Waals surface area contributed by atoms with E-state index in [-0.39, 0.29) is 30.8 Å². The molecule has 2 N–H and O–H groups in total. The summed E-state index contributed by atoms with van der Waals surface area (Å²) in [7, 11) is 0. The maximum Gasteiger partial charge on any atom is 0.324 e. The molecule has 0 aromatic heterocycles. The Hall–Kier alpha value is -1.63. The van der Waals surface area contributed by atoms with Gasteiger partial charge in [0.2, 0.25) is 5.91 Å². The molecule has 2 heterocycles. The Morgan fingerprint density at radius 1 is 1.29 bits per heavy atom. The number of hydrogen-bond donors (Lipinski definition) is 2. The van der Waals surface area contributed by atoms with Crippen LogP contribution in [0.15, 0.2) is 0 Å². The summed E-state index contributed by atoms with van der Waals surface area (Å²) in [4.78, 5) is 39.0. The quantitative estimate of drug-likeness (QED) is 0.687. The van der Waals surface area contributed by atoms with Crippen molar-refractivity contribution in [2.75, 3.05) is 32.7 Å². The number of imide groups is 1. The van der Waals surface area contributed by atoms with Gasteiger partial charge in [-0.2, -0.15) is 0 Å². The van der Waals surface area contributed by atoms with Crippen molar-refractivity contribution in [2.45, 2.75) is 32.7 Å². The van der Waals surface area contributed by atoms with E-state index in [1.165, 1.54) is 4.90 Å². The lowest BCUT2D eigenvalue weighted by molar-refractivity contribution is -0.133. The lowest BCUT2D eigenvalue weighted by Gasteiger charge is -2.27. The summed E-state index contributed by atoms with van der Waals surface area (Å²) in [5, 5.41) is 5.87. The molecule has 4 amide bonds. The number of carbonyl (C=O) groups is 3. The van der Waals surface area contributed by atoms with E-state index in [0.717, 1.165) is 13.1 Å². The van der Waals surface area contributed by atoms with E-state index in [0.29, 0.717) is 25.4 Å². The van der Waals surface area contributed by atoms with Crippen LogP contribution in [0, 0.1) is 5.92 Å². The molecule has 2 rings (SSSR count). The fourth-order valence-electron chi connectivity index (χ4n) is 2.70. The molecule has 0 saturated carbocycles. The molecule has 2 fully saturated rings. The summed E-state index contributed by atoms with van der Waals surface area (Å²) in [6, 6.07) is -0.814. The third-order valence-electron chi connectivity index (χ3n) is 3.83. The maximum atomic E-state index is 12.1. The molecule has 0 radical (unpaired) electrons. The smallest absolute Gasteiger partial charge is 0.324 e. The number of rotatable bonds is 5. The summed E-state index contributed by atoms with van der Waals surface area (Å²) < 4.78 is 0. The van der Waals surface area contributed by atoms with Gasteiger partial charge in [0.25, 0.3) is 5.91 Å². The van der Waals surface area contributed by atoms with Crippen LogP contribution in [0.5, 0.6) is 0 Å². The Morgan fingerprint density at radius 3 is 2.57 bits per heavy atom. The molecule has 21 heavy (non-hydrogen) atoms. The van der Waals surface area contributed by atoms with Crippen molar-refractivity contribution in [3.05, 3.63) is 0 Å². The summed E-state index contributed by atoms with van der Waals surface area (Å²) in [5.41, 5.74) is 0. The van der Waals surface area contributed by atoms with Crippen LogP contribution in [0.3, 0.4) is 0 Å². The number of nitrogens with one attached hydrogen (secondary N) is 2. The summed E-state index contributed by atoms with van der Waals surface area (Å²) in [6.07, 6.45) is 0.834. The molecule has 0 bridgehead atoms. The van der Waals surface area contributed by atoms with Crippen LogP contribution in [0.4, 0.5) is 4.79 Å². The Labute approximate surface area is 125 Å². The second-order valence-electron chi connectivity index (χ2n) is 6.00. The van der Waals surface area contributed by atoms with E-state index in [9.17, 15) is 14.4 Å². The van der Waals surface area contributed by atoms with Gasteiger partial charge in [0.1, 0.15) is 6.04 Å². The minimum absolute atomic E-state index is 0.00408. The van der Waals surface area contributed by atoms with Gasteiger partial charge in [0.15, 0.2) is 0 Å². The van der Waals surface area contributed by atoms with E-state index in [1.54, 1.807) is 4.90 Å². The number of urea groups is 1. The first-order chi connectivity index (χ1) is 9.99. The van der Waals surface area contributed by atoms with Crippen molar-refractivity contribution in [2.24, 2.45) is 5.92 Å². The number of amides is 4. The minimum atomic E-state index is -0.438. The lowest BCUT2D eigenvalue weighted by atomic mass is 10.0. The van der Waals surface area contributed by atoms with Gasteiger partial charge < -0.3 is 15.5 Å². The Balaban J connectivity index is 1.83. The third-order valence-corrected chi connectivity index (χ3v) is 3.83. The molecule has 7 heteroatoms. The average molecular weight is 296 g/mol. The highest BCUT2D eigenvalue weighted by Gasteiger charge is 2.38. The van der Waals surface area contributed by atoms with Crippen molar-refractivity contribution in [1.82, 2.24) is 20.4 Å². The zero-order valence-electron chi connectivity index (χ0n) is 12.7. The zero-order valence-corrected chi connectivity index (χ0v) is 12.7. The highest BCUT2D eigenvalue weighted by Crippen LogP contribution is 2.14. The van der Waals surface area contributed by atoms with Crippen LogP contribution in [-0.4, -0.2) is 66.4 Å². The first kappa shape index (κ1) is 15.8.